The summed E-state index contributed by atoms with van der Waals surface area (Å²) in [5.74, 6) is 0.564. The first-order chi connectivity index (χ1) is 10.2. The minimum absolute atomic E-state index is 0.0146. The Morgan fingerprint density at radius 3 is 2.81 bits per heavy atom. The highest BCUT2D eigenvalue weighted by Gasteiger charge is 2.51. The van der Waals surface area contributed by atoms with Crippen LogP contribution in [0.2, 0.25) is 0 Å². The molecule has 0 aromatic heterocycles. The van der Waals surface area contributed by atoms with E-state index in [1.54, 1.807) is 0 Å². The average molecular weight is 290 g/mol. The third-order valence-corrected chi connectivity index (χ3v) is 4.69. The molecule has 0 aliphatic carbocycles. The van der Waals surface area contributed by atoms with E-state index in [1.807, 2.05) is 0 Å². The second-order valence-electron chi connectivity index (χ2n) is 6.97. The van der Waals surface area contributed by atoms with E-state index in [1.165, 1.54) is 24.8 Å². The Balaban J connectivity index is 1.70. The highest BCUT2D eigenvalue weighted by atomic mass is 16.8. The summed E-state index contributed by atoms with van der Waals surface area (Å²) in [7, 11) is 0. The molecule has 116 valence electrons. The van der Waals surface area contributed by atoms with Crippen LogP contribution in [0.25, 0.3) is 0 Å². The third kappa shape index (κ3) is 3.47. The lowest BCUT2D eigenvalue weighted by atomic mass is 9.98. The Labute approximate surface area is 128 Å². The van der Waals surface area contributed by atoms with Crippen molar-refractivity contribution in [3.63, 3.8) is 0 Å². The van der Waals surface area contributed by atoms with Gasteiger partial charge in [-0.25, -0.2) is 0 Å². The van der Waals surface area contributed by atoms with Crippen LogP contribution in [0.5, 0.6) is 0 Å². The smallest absolute Gasteiger partial charge is 0.221 e. The van der Waals surface area contributed by atoms with Gasteiger partial charge in [0.2, 0.25) is 6.29 Å². The van der Waals surface area contributed by atoms with Crippen LogP contribution in [0, 0.1) is 5.92 Å². The molecule has 3 unspecified atom stereocenters. The lowest BCUT2D eigenvalue weighted by molar-refractivity contribution is -1.13. The van der Waals surface area contributed by atoms with Crippen molar-refractivity contribution in [3.05, 3.63) is 35.9 Å². The van der Waals surface area contributed by atoms with Crippen LogP contribution in [-0.4, -0.2) is 30.1 Å². The van der Waals surface area contributed by atoms with E-state index in [0.717, 1.165) is 30.8 Å². The summed E-state index contributed by atoms with van der Waals surface area (Å²) in [6, 6.07) is 11.4. The van der Waals surface area contributed by atoms with Crippen LogP contribution >= 0.6 is 0 Å². The van der Waals surface area contributed by atoms with Gasteiger partial charge in [0.15, 0.2) is 0 Å². The highest BCUT2D eigenvalue weighted by molar-refractivity contribution is 5.13. The summed E-state index contributed by atoms with van der Waals surface area (Å²) < 4.78 is 6.77. The van der Waals surface area contributed by atoms with E-state index in [-0.39, 0.29) is 6.29 Å². The minimum Gasteiger partial charge on any atom is -0.347 e. The molecular weight excluding hydrogens is 262 g/mol. The summed E-state index contributed by atoms with van der Waals surface area (Å²) in [4.78, 5) is 6.42. The second-order valence-corrected chi connectivity index (χ2v) is 6.97. The Morgan fingerprint density at radius 2 is 2.05 bits per heavy atom. The van der Waals surface area contributed by atoms with Crippen LogP contribution in [-0.2, 0) is 16.1 Å². The van der Waals surface area contributed by atoms with Gasteiger partial charge >= 0.3 is 0 Å². The zero-order chi connectivity index (χ0) is 14.7. The Kier molecular flexibility index (Phi) is 4.63. The van der Waals surface area contributed by atoms with Crippen molar-refractivity contribution in [2.75, 3.05) is 13.2 Å². The molecule has 3 nitrogen and oxygen atoms in total. The van der Waals surface area contributed by atoms with Gasteiger partial charge in [-0.1, -0.05) is 44.2 Å². The SMILES string of the molecule is CC(C)COC1CC2CCCC[N+]2(Cc2ccccc2)O1. The highest BCUT2D eigenvalue weighted by Crippen LogP contribution is 2.39. The quantitative estimate of drug-likeness (QED) is 0.766. The van der Waals surface area contributed by atoms with Crippen LogP contribution in [0.1, 0.15) is 45.1 Å². The van der Waals surface area contributed by atoms with Crippen molar-refractivity contribution in [2.24, 2.45) is 5.92 Å². The molecule has 0 N–H and O–H groups in total. The number of rotatable bonds is 5. The molecule has 2 fully saturated rings. The molecule has 21 heavy (non-hydrogen) atoms. The van der Waals surface area contributed by atoms with E-state index in [9.17, 15) is 0 Å². The first kappa shape index (κ1) is 15.0. The third-order valence-electron chi connectivity index (χ3n) is 4.69. The van der Waals surface area contributed by atoms with Crippen molar-refractivity contribution in [2.45, 2.75) is 58.4 Å². The lowest BCUT2D eigenvalue weighted by Gasteiger charge is -2.39. The summed E-state index contributed by atoms with van der Waals surface area (Å²) in [6.07, 6.45) is 4.91. The topological polar surface area (TPSA) is 18.5 Å². The molecule has 0 saturated carbocycles. The average Bonchev–Trinajstić information content (AvgIpc) is 2.84. The Bertz CT molecular complexity index is 448. The minimum atomic E-state index is -0.0146. The Hall–Kier alpha value is -0.900. The predicted octanol–water partition coefficient (Wildman–Crippen LogP) is 3.89. The number of nitrogens with zero attached hydrogens (tertiary/aromatic N) is 1. The van der Waals surface area contributed by atoms with Gasteiger partial charge in [-0.05, 0) is 18.8 Å². The summed E-state index contributed by atoms with van der Waals surface area (Å²) in [5.41, 5.74) is 1.37. The molecule has 0 bridgehead atoms. The molecular formula is C18H28NO2+. The number of piperidine rings is 1. The van der Waals surface area contributed by atoms with Gasteiger partial charge in [0.05, 0.1) is 13.0 Å². The normalized spacial score (nSPS) is 32.3. The maximum absolute atomic E-state index is 6.42. The zero-order valence-electron chi connectivity index (χ0n) is 13.3. The maximum atomic E-state index is 6.42. The molecule has 1 aromatic rings. The molecule has 3 heteroatoms. The van der Waals surface area contributed by atoms with Crippen molar-refractivity contribution in [1.29, 1.82) is 0 Å². The molecule has 3 rings (SSSR count). The fraction of sp³-hybridized carbons (Fsp3) is 0.667. The van der Waals surface area contributed by atoms with Gasteiger partial charge in [0.1, 0.15) is 19.1 Å². The number of hydroxylamine groups is 3. The number of fused-ring (bicyclic) bond motifs is 1. The predicted molar refractivity (Wildman–Crippen MR) is 83.2 cm³/mol. The molecule has 1 aromatic carbocycles. The van der Waals surface area contributed by atoms with Gasteiger partial charge in [0, 0.05) is 12.0 Å². The van der Waals surface area contributed by atoms with E-state index < -0.39 is 0 Å². The molecule has 0 spiro atoms. The summed E-state index contributed by atoms with van der Waals surface area (Å²) in [5, 5.41) is 0. The van der Waals surface area contributed by atoms with Gasteiger partial charge in [-0.3, -0.25) is 0 Å². The van der Waals surface area contributed by atoms with E-state index in [4.69, 9.17) is 9.57 Å². The van der Waals surface area contributed by atoms with Gasteiger partial charge < -0.3 is 4.74 Å². The molecule has 2 aliphatic rings. The van der Waals surface area contributed by atoms with E-state index in [0.29, 0.717) is 12.0 Å². The van der Waals surface area contributed by atoms with E-state index in [2.05, 4.69) is 44.2 Å². The maximum Gasteiger partial charge on any atom is 0.221 e. The first-order valence-electron chi connectivity index (χ1n) is 8.39. The molecule has 0 radical (unpaired) electrons. The van der Waals surface area contributed by atoms with Gasteiger partial charge in [0.25, 0.3) is 0 Å². The summed E-state index contributed by atoms with van der Waals surface area (Å²) in [6.45, 7) is 7.28. The van der Waals surface area contributed by atoms with Crippen LogP contribution in [0.3, 0.4) is 0 Å². The van der Waals surface area contributed by atoms with Crippen LogP contribution in [0.15, 0.2) is 30.3 Å². The van der Waals surface area contributed by atoms with E-state index >= 15 is 0 Å². The largest absolute Gasteiger partial charge is 0.347 e. The molecule has 2 heterocycles. The fourth-order valence-corrected chi connectivity index (χ4v) is 3.66. The Morgan fingerprint density at radius 1 is 1.24 bits per heavy atom. The van der Waals surface area contributed by atoms with Gasteiger partial charge in [-0.2, -0.15) is 9.48 Å². The standard InChI is InChI=1S/C18H28NO2/c1-15(2)14-20-18-12-17-10-6-7-11-19(17,21-18)13-16-8-4-3-5-9-16/h3-5,8-9,15,17-18H,6-7,10-14H2,1-2H3/q+1. The fourth-order valence-electron chi connectivity index (χ4n) is 3.66. The first-order valence-corrected chi connectivity index (χ1v) is 8.39. The van der Waals surface area contributed by atoms with Crippen molar-refractivity contribution >= 4 is 0 Å². The zero-order valence-corrected chi connectivity index (χ0v) is 13.3. The van der Waals surface area contributed by atoms with Crippen LogP contribution in [0.4, 0.5) is 0 Å². The van der Waals surface area contributed by atoms with Crippen molar-refractivity contribution in [1.82, 2.24) is 0 Å². The molecule has 3 atom stereocenters. The summed E-state index contributed by atoms with van der Waals surface area (Å²) >= 11 is 0. The van der Waals surface area contributed by atoms with Crippen molar-refractivity contribution in [3.8, 4) is 0 Å². The monoisotopic (exact) mass is 290 g/mol. The number of hydrogen-bond acceptors (Lipinski definition) is 2. The second kappa shape index (κ2) is 6.47. The molecule has 2 aliphatic heterocycles. The van der Waals surface area contributed by atoms with Gasteiger partial charge in [-0.15, -0.1) is 0 Å². The van der Waals surface area contributed by atoms with Crippen molar-refractivity contribution < 1.29 is 14.2 Å². The number of benzene rings is 1. The van der Waals surface area contributed by atoms with Crippen LogP contribution < -0.4 is 0 Å². The number of hydrogen-bond donors (Lipinski definition) is 0. The number of quaternary nitrogens is 1. The molecule has 2 saturated heterocycles. The number of ether oxygens (including phenoxy) is 1. The molecule has 0 amide bonds. The lowest BCUT2D eigenvalue weighted by Crippen LogP contribution is -2.52.